The molecule has 0 saturated carbocycles. The van der Waals surface area contributed by atoms with E-state index in [1.54, 1.807) is 20.8 Å². The molecule has 100 valence electrons. The average Bonchev–Trinajstić information content (AvgIpc) is 2.63. The average molecular weight is 255 g/mol. The zero-order chi connectivity index (χ0) is 13.8. The molecule has 1 aromatic rings. The SMILES string of the molecule is CC(C)(C)OC(=O)NCCn1cc(B(O)O)cn1. The van der Waals surface area contributed by atoms with E-state index in [-0.39, 0.29) is 0 Å². The van der Waals surface area contributed by atoms with Crippen LogP contribution in [-0.2, 0) is 11.3 Å². The highest BCUT2D eigenvalue weighted by Crippen LogP contribution is 2.06. The van der Waals surface area contributed by atoms with Crippen molar-refractivity contribution in [1.29, 1.82) is 0 Å². The van der Waals surface area contributed by atoms with E-state index in [4.69, 9.17) is 14.8 Å². The van der Waals surface area contributed by atoms with Gasteiger partial charge in [-0.05, 0) is 20.8 Å². The fourth-order valence-corrected chi connectivity index (χ4v) is 1.22. The summed E-state index contributed by atoms with van der Waals surface area (Å²) in [5.41, 5.74) is -0.212. The van der Waals surface area contributed by atoms with E-state index in [1.165, 1.54) is 17.1 Å². The smallest absolute Gasteiger partial charge is 0.444 e. The summed E-state index contributed by atoms with van der Waals surface area (Å²) in [5.74, 6) is 0. The Kier molecular flexibility index (Phi) is 4.74. The largest absolute Gasteiger partial charge is 0.491 e. The second-order valence-corrected chi connectivity index (χ2v) is 4.84. The Hall–Kier alpha value is -1.54. The van der Waals surface area contributed by atoms with Crippen LogP contribution in [0.5, 0.6) is 0 Å². The van der Waals surface area contributed by atoms with Gasteiger partial charge in [-0.1, -0.05) is 0 Å². The molecule has 0 radical (unpaired) electrons. The fourth-order valence-electron chi connectivity index (χ4n) is 1.22. The summed E-state index contributed by atoms with van der Waals surface area (Å²) in [6.07, 6.45) is 2.37. The van der Waals surface area contributed by atoms with Gasteiger partial charge in [-0.15, -0.1) is 0 Å². The summed E-state index contributed by atoms with van der Waals surface area (Å²) in [7, 11) is -1.53. The maximum Gasteiger partial charge on any atom is 0.491 e. The lowest BCUT2D eigenvalue weighted by Crippen LogP contribution is -2.34. The Bertz CT molecular complexity index is 400. The van der Waals surface area contributed by atoms with Crippen molar-refractivity contribution in [2.75, 3.05) is 6.54 Å². The van der Waals surface area contributed by atoms with Gasteiger partial charge in [0.2, 0.25) is 0 Å². The standard InChI is InChI=1S/C10H18BN3O4/c1-10(2,3)18-9(15)12-4-5-14-7-8(6-13-14)11(16)17/h6-7,16-17H,4-5H2,1-3H3,(H,12,15). The molecule has 0 fully saturated rings. The van der Waals surface area contributed by atoms with Crippen LogP contribution in [0.15, 0.2) is 12.4 Å². The number of nitrogens with zero attached hydrogens (tertiary/aromatic N) is 2. The molecule has 0 bridgehead atoms. The number of amides is 1. The van der Waals surface area contributed by atoms with Crippen LogP contribution in [-0.4, -0.2) is 45.2 Å². The quantitative estimate of drug-likeness (QED) is 0.605. The molecule has 0 aliphatic heterocycles. The second-order valence-electron chi connectivity index (χ2n) is 4.84. The second kappa shape index (κ2) is 5.88. The lowest BCUT2D eigenvalue weighted by molar-refractivity contribution is 0.0525. The van der Waals surface area contributed by atoms with Crippen LogP contribution in [0.1, 0.15) is 20.8 Å². The molecule has 0 saturated heterocycles. The summed E-state index contributed by atoms with van der Waals surface area (Å²) in [4.78, 5) is 11.3. The highest BCUT2D eigenvalue weighted by Gasteiger charge is 2.16. The first-order valence-corrected chi connectivity index (χ1v) is 5.63. The summed E-state index contributed by atoms with van der Waals surface area (Å²) < 4.78 is 6.57. The molecular formula is C10H18BN3O4. The molecule has 0 aromatic carbocycles. The van der Waals surface area contributed by atoms with Crippen LogP contribution in [0.4, 0.5) is 4.79 Å². The molecule has 18 heavy (non-hydrogen) atoms. The molecule has 0 spiro atoms. The van der Waals surface area contributed by atoms with Crippen molar-refractivity contribution in [1.82, 2.24) is 15.1 Å². The number of carbonyl (C=O) groups is 1. The molecule has 0 unspecified atom stereocenters. The van der Waals surface area contributed by atoms with Gasteiger partial charge in [-0.25, -0.2) is 4.79 Å². The normalized spacial score (nSPS) is 11.2. The monoisotopic (exact) mass is 255 g/mol. The van der Waals surface area contributed by atoms with E-state index in [0.29, 0.717) is 18.6 Å². The number of alkyl carbamates (subject to hydrolysis) is 1. The lowest BCUT2D eigenvalue weighted by Gasteiger charge is -2.19. The Morgan fingerprint density at radius 2 is 2.22 bits per heavy atom. The minimum atomic E-state index is -1.53. The van der Waals surface area contributed by atoms with Crippen molar-refractivity contribution in [3.05, 3.63) is 12.4 Å². The van der Waals surface area contributed by atoms with Gasteiger partial charge in [-0.2, -0.15) is 5.10 Å². The topological polar surface area (TPSA) is 96.6 Å². The lowest BCUT2D eigenvalue weighted by atomic mass is 9.83. The van der Waals surface area contributed by atoms with Crippen LogP contribution in [0.2, 0.25) is 0 Å². The Balaban J connectivity index is 2.31. The van der Waals surface area contributed by atoms with Crippen molar-refractivity contribution < 1.29 is 19.6 Å². The van der Waals surface area contributed by atoms with Gasteiger partial charge in [0.15, 0.2) is 0 Å². The fraction of sp³-hybridized carbons (Fsp3) is 0.600. The summed E-state index contributed by atoms with van der Waals surface area (Å²) in [6.45, 7) is 6.13. The van der Waals surface area contributed by atoms with E-state index in [1.807, 2.05) is 0 Å². The predicted molar refractivity (Wildman–Crippen MR) is 66.3 cm³/mol. The van der Waals surface area contributed by atoms with E-state index < -0.39 is 18.8 Å². The number of ether oxygens (including phenoxy) is 1. The number of hydrogen-bond acceptors (Lipinski definition) is 5. The number of rotatable bonds is 4. The summed E-state index contributed by atoms with van der Waals surface area (Å²) in [6, 6.07) is 0. The third-order valence-electron chi connectivity index (χ3n) is 1.96. The van der Waals surface area contributed by atoms with Gasteiger partial charge < -0.3 is 20.1 Å². The van der Waals surface area contributed by atoms with Crippen LogP contribution in [0, 0.1) is 0 Å². The van der Waals surface area contributed by atoms with Crippen molar-refractivity contribution in [3.63, 3.8) is 0 Å². The first-order chi connectivity index (χ1) is 8.28. The Morgan fingerprint density at radius 1 is 1.56 bits per heavy atom. The van der Waals surface area contributed by atoms with Gasteiger partial charge >= 0.3 is 13.2 Å². The van der Waals surface area contributed by atoms with Gasteiger partial charge in [-0.3, -0.25) is 4.68 Å². The Labute approximate surface area is 106 Å². The highest BCUT2D eigenvalue weighted by molar-refractivity contribution is 6.58. The first-order valence-electron chi connectivity index (χ1n) is 5.63. The van der Waals surface area contributed by atoms with Crippen molar-refractivity contribution in [2.24, 2.45) is 0 Å². The highest BCUT2D eigenvalue weighted by atomic mass is 16.6. The van der Waals surface area contributed by atoms with Gasteiger partial charge in [0, 0.05) is 24.4 Å². The molecule has 1 rings (SSSR count). The van der Waals surface area contributed by atoms with Gasteiger partial charge in [0.1, 0.15) is 5.60 Å². The minimum absolute atomic E-state index is 0.312. The minimum Gasteiger partial charge on any atom is -0.444 e. The molecule has 8 heteroatoms. The first kappa shape index (κ1) is 14.5. The molecular weight excluding hydrogens is 237 g/mol. The zero-order valence-corrected chi connectivity index (χ0v) is 10.8. The van der Waals surface area contributed by atoms with Crippen molar-refractivity contribution in [2.45, 2.75) is 32.9 Å². The van der Waals surface area contributed by atoms with Gasteiger partial charge in [0.05, 0.1) is 6.54 Å². The van der Waals surface area contributed by atoms with Crippen molar-refractivity contribution in [3.8, 4) is 0 Å². The summed E-state index contributed by atoms with van der Waals surface area (Å²) in [5, 5.41) is 24.3. The molecule has 0 aliphatic rings. The molecule has 1 aromatic heterocycles. The summed E-state index contributed by atoms with van der Waals surface area (Å²) >= 11 is 0. The predicted octanol–water partition coefficient (Wildman–Crippen LogP) is -0.912. The number of aromatic nitrogens is 2. The zero-order valence-electron chi connectivity index (χ0n) is 10.8. The van der Waals surface area contributed by atoms with Gasteiger partial charge in [0.25, 0.3) is 0 Å². The van der Waals surface area contributed by atoms with E-state index in [2.05, 4.69) is 10.4 Å². The van der Waals surface area contributed by atoms with Crippen molar-refractivity contribution >= 4 is 18.7 Å². The maximum atomic E-state index is 11.3. The number of carbonyl (C=O) groups excluding carboxylic acids is 1. The van der Waals surface area contributed by atoms with Crippen LogP contribution in [0.3, 0.4) is 0 Å². The van der Waals surface area contributed by atoms with E-state index in [0.717, 1.165) is 0 Å². The van der Waals surface area contributed by atoms with Crippen LogP contribution < -0.4 is 10.8 Å². The molecule has 0 aliphatic carbocycles. The number of hydrogen-bond donors (Lipinski definition) is 3. The molecule has 1 amide bonds. The molecule has 3 N–H and O–H groups in total. The molecule has 7 nitrogen and oxygen atoms in total. The van der Waals surface area contributed by atoms with Crippen LogP contribution in [0.25, 0.3) is 0 Å². The number of nitrogens with one attached hydrogen (secondary N) is 1. The van der Waals surface area contributed by atoms with Crippen LogP contribution >= 0.6 is 0 Å². The molecule has 0 atom stereocenters. The van der Waals surface area contributed by atoms with E-state index >= 15 is 0 Å². The maximum absolute atomic E-state index is 11.3. The third-order valence-corrected chi connectivity index (χ3v) is 1.96. The third kappa shape index (κ3) is 5.20. The molecule has 1 heterocycles. The van der Waals surface area contributed by atoms with E-state index in [9.17, 15) is 4.79 Å². The Morgan fingerprint density at radius 3 is 2.72 bits per heavy atom.